The summed E-state index contributed by atoms with van der Waals surface area (Å²) in [6, 6.07) is 8.69. The molecule has 1 N–H and O–H groups in total. The minimum Gasteiger partial charge on any atom is -0.458 e. The molecule has 4 rings (SSSR count). The van der Waals surface area contributed by atoms with Gasteiger partial charge in [0.2, 0.25) is 0 Å². The largest absolute Gasteiger partial charge is 0.458 e. The van der Waals surface area contributed by atoms with Gasteiger partial charge in [-0.25, -0.2) is 4.79 Å². The highest BCUT2D eigenvalue weighted by Crippen LogP contribution is 2.62. The second kappa shape index (κ2) is 9.05. The third kappa shape index (κ3) is 4.61. The summed E-state index contributed by atoms with van der Waals surface area (Å²) in [4.78, 5) is 38.6. The number of benzene rings is 1. The lowest BCUT2D eigenvalue weighted by atomic mass is 9.81. The van der Waals surface area contributed by atoms with Gasteiger partial charge >= 0.3 is 11.9 Å². The molecule has 2 fully saturated rings. The van der Waals surface area contributed by atoms with Crippen molar-refractivity contribution in [1.82, 2.24) is 0 Å². The van der Waals surface area contributed by atoms with Crippen molar-refractivity contribution in [3.8, 4) is 0 Å². The molecule has 188 valence electrons. The number of ether oxygens (including phenoxy) is 2. The number of rotatable bonds is 3. The maximum atomic E-state index is 13.7. The molecule has 0 amide bonds. The molecule has 3 aliphatic rings. The molecule has 0 saturated heterocycles. The van der Waals surface area contributed by atoms with Crippen molar-refractivity contribution >= 4 is 17.7 Å². The van der Waals surface area contributed by atoms with E-state index in [0.29, 0.717) is 17.6 Å². The van der Waals surface area contributed by atoms with Crippen LogP contribution in [-0.4, -0.2) is 40.6 Å². The lowest BCUT2D eigenvalue weighted by Gasteiger charge is -2.31. The number of aliphatic hydroxyl groups is 1. The van der Waals surface area contributed by atoms with Gasteiger partial charge in [0.15, 0.2) is 5.78 Å². The highest BCUT2D eigenvalue weighted by Gasteiger charge is 2.60. The predicted molar refractivity (Wildman–Crippen MR) is 131 cm³/mol. The number of fused-ring (bicyclic) bond motifs is 2. The van der Waals surface area contributed by atoms with E-state index in [1.165, 1.54) is 6.92 Å². The Labute approximate surface area is 207 Å². The molecule has 0 bridgehead atoms. The number of carbonyl (C=O) groups is 3. The predicted octanol–water partition coefficient (Wildman–Crippen LogP) is 4.67. The van der Waals surface area contributed by atoms with Gasteiger partial charge in [-0.05, 0) is 73.1 Å². The van der Waals surface area contributed by atoms with E-state index in [1.807, 2.05) is 26.0 Å². The molecular formula is C29H36O6. The van der Waals surface area contributed by atoms with Crippen LogP contribution in [0.3, 0.4) is 0 Å². The van der Waals surface area contributed by atoms with Gasteiger partial charge in [0.25, 0.3) is 0 Å². The summed E-state index contributed by atoms with van der Waals surface area (Å²) >= 11 is 0. The van der Waals surface area contributed by atoms with Gasteiger partial charge in [0, 0.05) is 6.92 Å². The van der Waals surface area contributed by atoms with Crippen LogP contribution in [0.15, 0.2) is 53.6 Å². The number of Topliss-reactive ketones (excluding diaryl/α,β-unsaturated/α-hetero) is 1. The Balaban J connectivity index is 1.76. The maximum absolute atomic E-state index is 13.7. The summed E-state index contributed by atoms with van der Waals surface area (Å²) < 4.78 is 11.6. The van der Waals surface area contributed by atoms with Gasteiger partial charge in [0.05, 0.1) is 11.5 Å². The van der Waals surface area contributed by atoms with Crippen molar-refractivity contribution < 1.29 is 29.0 Å². The Hall–Kier alpha value is -2.73. The molecule has 3 aliphatic carbocycles. The Morgan fingerprint density at radius 2 is 1.69 bits per heavy atom. The van der Waals surface area contributed by atoms with E-state index in [2.05, 4.69) is 13.8 Å². The quantitative estimate of drug-likeness (QED) is 0.500. The SMILES string of the molecule is CC(=O)O[C@@H]1C[C@@H]2[C@H](/C=C(\C)C(=O)[C@]3(O)C[C@H](C)[C@@H](OC(=O)c4ccccc4)[C@@H]3/C=C\1C)C2(C)C. The highest BCUT2D eigenvalue weighted by molar-refractivity contribution is 6.02. The smallest absolute Gasteiger partial charge is 0.338 e. The van der Waals surface area contributed by atoms with E-state index < -0.39 is 29.7 Å². The molecule has 0 unspecified atom stereocenters. The second-order valence-corrected chi connectivity index (χ2v) is 11.2. The first-order chi connectivity index (χ1) is 16.4. The van der Waals surface area contributed by atoms with Gasteiger partial charge in [-0.2, -0.15) is 0 Å². The molecule has 6 nitrogen and oxygen atoms in total. The highest BCUT2D eigenvalue weighted by atomic mass is 16.5. The first kappa shape index (κ1) is 25.4. The lowest BCUT2D eigenvalue weighted by Crippen LogP contribution is -2.45. The number of esters is 2. The molecule has 2 saturated carbocycles. The van der Waals surface area contributed by atoms with E-state index in [4.69, 9.17) is 9.47 Å². The van der Waals surface area contributed by atoms with E-state index in [9.17, 15) is 19.5 Å². The van der Waals surface area contributed by atoms with Crippen LogP contribution in [0.1, 0.15) is 64.7 Å². The summed E-state index contributed by atoms with van der Waals surface area (Å²) in [5.74, 6) is -1.81. The summed E-state index contributed by atoms with van der Waals surface area (Å²) in [7, 11) is 0. The van der Waals surface area contributed by atoms with Crippen molar-refractivity contribution in [2.75, 3.05) is 0 Å². The van der Waals surface area contributed by atoms with Gasteiger partial charge in [-0.15, -0.1) is 0 Å². The van der Waals surface area contributed by atoms with Crippen molar-refractivity contribution in [2.24, 2.45) is 29.1 Å². The first-order valence-corrected chi connectivity index (χ1v) is 12.4. The minimum absolute atomic E-state index is 0.0296. The average Bonchev–Trinajstić information content (AvgIpc) is 3.20. The summed E-state index contributed by atoms with van der Waals surface area (Å²) in [6.45, 7) is 11.2. The molecule has 0 aliphatic heterocycles. The zero-order valence-electron chi connectivity index (χ0n) is 21.4. The molecule has 0 heterocycles. The molecule has 0 aromatic heterocycles. The Kier molecular flexibility index (Phi) is 6.56. The number of hydrogen-bond donors (Lipinski definition) is 1. The van der Waals surface area contributed by atoms with Crippen LogP contribution in [-0.2, 0) is 19.1 Å². The normalized spacial score (nSPS) is 39.0. The fourth-order valence-corrected chi connectivity index (χ4v) is 6.20. The van der Waals surface area contributed by atoms with Crippen molar-refractivity contribution in [1.29, 1.82) is 0 Å². The van der Waals surface area contributed by atoms with E-state index in [0.717, 1.165) is 5.57 Å². The van der Waals surface area contributed by atoms with Crippen molar-refractivity contribution in [3.05, 3.63) is 59.2 Å². The van der Waals surface area contributed by atoms with Crippen LogP contribution in [0.5, 0.6) is 0 Å². The number of carbonyl (C=O) groups excluding carboxylic acids is 3. The first-order valence-electron chi connectivity index (χ1n) is 12.4. The Morgan fingerprint density at radius 1 is 1.03 bits per heavy atom. The summed E-state index contributed by atoms with van der Waals surface area (Å²) in [5, 5.41) is 11.9. The number of hydrogen-bond acceptors (Lipinski definition) is 6. The van der Waals surface area contributed by atoms with Crippen molar-refractivity contribution in [2.45, 2.75) is 72.2 Å². The van der Waals surface area contributed by atoms with Gasteiger partial charge in [-0.1, -0.05) is 51.1 Å². The Morgan fingerprint density at radius 3 is 2.31 bits per heavy atom. The fourth-order valence-electron chi connectivity index (χ4n) is 6.20. The van der Waals surface area contributed by atoms with Crippen molar-refractivity contribution in [3.63, 3.8) is 0 Å². The molecule has 35 heavy (non-hydrogen) atoms. The Bertz CT molecular complexity index is 1080. The molecule has 0 radical (unpaired) electrons. The van der Waals surface area contributed by atoms with E-state index >= 15 is 0 Å². The topological polar surface area (TPSA) is 89.9 Å². The van der Waals surface area contributed by atoms with Crippen LogP contribution in [0, 0.1) is 29.1 Å². The molecule has 1 aromatic rings. The molecular weight excluding hydrogens is 444 g/mol. The van der Waals surface area contributed by atoms with Crippen LogP contribution in [0.25, 0.3) is 0 Å². The number of allylic oxidation sites excluding steroid dienone is 1. The van der Waals surface area contributed by atoms with E-state index in [1.54, 1.807) is 37.3 Å². The summed E-state index contributed by atoms with van der Waals surface area (Å²) in [6.07, 6.45) is 3.40. The third-order valence-corrected chi connectivity index (χ3v) is 8.40. The second-order valence-electron chi connectivity index (χ2n) is 11.2. The molecule has 7 atom stereocenters. The van der Waals surface area contributed by atoms with Gasteiger partial charge in [0.1, 0.15) is 17.8 Å². The van der Waals surface area contributed by atoms with Crippen LogP contribution < -0.4 is 0 Å². The van der Waals surface area contributed by atoms with Crippen LogP contribution in [0.2, 0.25) is 0 Å². The van der Waals surface area contributed by atoms with Crippen LogP contribution in [0.4, 0.5) is 0 Å². The number of ketones is 1. The van der Waals surface area contributed by atoms with Gasteiger partial charge in [-0.3, -0.25) is 9.59 Å². The average molecular weight is 481 g/mol. The minimum atomic E-state index is -1.72. The fraction of sp³-hybridized carbons (Fsp3) is 0.552. The standard InChI is InChI=1S/C29H36O6/c1-16-12-23-25(35-27(32)20-10-8-7-9-11-20)18(3)15-29(23,33)26(31)17(2)13-21-22(28(21,5)6)14-24(16)34-19(4)30/h7-13,18,21-25,33H,14-15H2,1-6H3/b16-12-,17-13+/t18-,21-,22+,23-,24+,25+,29-/m0/s1. The zero-order valence-corrected chi connectivity index (χ0v) is 21.4. The monoisotopic (exact) mass is 480 g/mol. The van der Waals surface area contributed by atoms with Gasteiger partial charge < -0.3 is 14.6 Å². The van der Waals surface area contributed by atoms with Crippen LogP contribution >= 0.6 is 0 Å². The lowest BCUT2D eigenvalue weighted by molar-refractivity contribution is -0.145. The molecule has 1 aromatic carbocycles. The third-order valence-electron chi connectivity index (χ3n) is 8.40. The molecule has 6 heteroatoms. The summed E-state index contributed by atoms with van der Waals surface area (Å²) in [5.41, 5.74) is -0.0552. The molecule has 0 spiro atoms. The van der Waals surface area contributed by atoms with E-state index in [-0.39, 0.29) is 41.3 Å². The zero-order chi connectivity index (χ0) is 25.7. The maximum Gasteiger partial charge on any atom is 0.338 e.